The van der Waals surface area contributed by atoms with Crippen LogP contribution in [-0.2, 0) is 15.3 Å². The normalized spacial score (nSPS) is 16.7. The van der Waals surface area contributed by atoms with E-state index < -0.39 is 22.7 Å². The molecule has 0 bridgehead atoms. The Morgan fingerprint density at radius 1 is 1.03 bits per heavy atom. The number of carbonyl (C=O) groups excluding carboxylic acids is 2. The molecule has 2 heterocycles. The molecule has 3 aromatic carbocycles. The highest BCUT2D eigenvalue weighted by atomic mass is 79.9. The number of aliphatic hydroxyl groups is 1. The van der Waals surface area contributed by atoms with E-state index in [0.717, 1.165) is 21.4 Å². The number of amides is 1. The van der Waals surface area contributed by atoms with E-state index in [2.05, 4.69) is 26.1 Å². The van der Waals surface area contributed by atoms with Crippen molar-refractivity contribution in [2.24, 2.45) is 0 Å². The van der Waals surface area contributed by atoms with Gasteiger partial charge in [-0.25, -0.2) is 0 Å². The smallest absolute Gasteiger partial charge is 0.301 e. The predicted molar refractivity (Wildman–Crippen MR) is 148 cm³/mol. The molecule has 0 spiro atoms. The highest BCUT2D eigenvalue weighted by Crippen LogP contribution is 2.44. The number of benzene rings is 3. The van der Waals surface area contributed by atoms with E-state index in [1.165, 1.54) is 40.9 Å². The lowest BCUT2D eigenvalue weighted by Gasteiger charge is -2.22. The fourth-order valence-corrected chi connectivity index (χ4v) is 6.05. The van der Waals surface area contributed by atoms with E-state index in [0.29, 0.717) is 21.2 Å². The third-order valence-electron chi connectivity index (χ3n) is 5.79. The first-order chi connectivity index (χ1) is 18.3. The van der Waals surface area contributed by atoms with Crippen molar-refractivity contribution in [1.82, 2.24) is 10.2 Å². The Balaban J connectivity index is 1.56. The number of nitro groups is 1. The van der Waals surface area contributed by atoms with E-state index in [1.54, 1.807) is 24.3 Å². The first-order valence-corrected chi connectivity index (χ1v) is 13.7. The lowest BCUT2D eigenvalue weighted by Crippen LogP contribution is -2.29. The fraction of sp³-hybridized carbons (Fsp3) is 0.0769. The van der Waals surface area contributed by atoms with Crippen molar-refractivity contribution < 1.29 is 19.6 Å². The number of hydrogen-bond donors (Lipinski definition) is 1. The van der Waals surface area contributed by atoms with Crippen LogP contribution in [0.2, 0.25) is 0 Å². The molecule has 5 rings (SSSR count). The van der Waals surface area contributed by atoms with Crippen LogP contribution in [0.15, 0.2) is 93.2 Å². The molecule has 4 aromatic rings. The zero-order chi connectivity index (χ0) is 26.8. The molecule has 1 amide bonds. The summed E-state index contributed by atoms with van der Waals surface area (Å²) in [6.45, 7) is 0. The summed E-state index contributed by atoms with van der Waals surface area (Å²) < 4.78 is 1.37. The van der Waals surface area contributed by atoms with E-state index in [4.69, 9.17) is 0 Å². The maximum atomic E-state index is 13.3. The largest absolute Gasteiger partial charge is 0.507 e. The number of Topliss-reactive ketones (excluding diaryl/α,β-unsaturated/α-hetero) is 1. The van der Waals surface area contributed by atoms with Gasteiger partial charge in [0.15, 0.2) is 4.34 Å². The van der Waals surface area contributed by atoms with E-state index >= 15 is 0 Å². The molecule has 0 radical (unpaired) electrons. The van der Waals surface area contributed by atoms with Crippen LogP contribution >= 0.6 is 39.0 Å². The van der Waals surface area contributed by atoms with Crippen molar-refractivity contribution in [2.75, 3.05) is 4.90 Å². The number of thioether (sulfide) groups is 1. The lowest BCUT2D eigenvalue weighted by atomic mass is 9.95. The minimum Gasteiger partial charge on any atom is -0.507 e. The van der Waals surface area contributed by atoms with Crippen molar-refractivity contribution in [3.63, 3.8) is 0 Å². The van der Waals surface area contributed by atoms with E-state index in [1.807, 2.05) is 30.3 Å². The number of hydrogen-bond acceptors (Lipinski definition) is 9. The third kappa shape index (κ3) is 5.10. The van der Waals surface area contributed by atoms with Crippen LogP contribution in [0.25, 0.3) is 5.76 Å². The average molecular weight is 609 g/mol. The standard InChI is InChI=1S/C26H17BrN4O5S2/c27-18-10-6-17(7-11-18)22(32)20-21(16-8-12-19(13-9-16)31(35)36)30(24(34)23(20)33)25-28-29-26(38-25)37-14-15-4-2-1-3-5-15/h1-13,21,32H,14H2/b22-20-. The van der Waals surface area contributed by atoms with Gasteiger partial charge in [-0.05, 0) is 35.4 Å². The molecule has 12 heteroatoms. The van der Waals surface area contributed by atoms with Crippen LogP contribution in [0.4, 0.5) is 10.8 Å². The minimum atomic E-state index is -1.06. The molecule has 1 N–H and O–H groups in total. The summed E-state index contributed by atoms with van der Waals surface area (Å²) in [5.74, 6) is -1.47. The fourth-order valence-electron chi connectivity index (χ4n) is 3.96. The molecule has 1 unspecified atom stereocenters. The molecule has 0 saturated carbocycles. The molecule has 1 aliphatic rings. The summed E-state index contributed by atoms with van der Waals surface area (Å²) in [5.41, 5.74) is 1.56. The van der Waals surface area contributed by atoms with Gasteiger partial charge in [0, 0.05) is 27.9 Å². The summed E-state index contributed by atoms with van der Waals surface area (Å²) in [6.07, 6.45) is 0. The molecule has 9 nitrogen and oxygen atoms in total. The molecule has 38 heavy (non-hydrogen) atoms. The predicted octanol–water partition coefficient (Wildman–Crippen LogP) is 6.13. The van der Waals surface area contributed by atoms with Gasteiger partial charge < -0.3 is 5.11 Å². The van der Waals surface area contributed by atoms with Crippen molar-refractivity contribution in [3.8, 4) is 0 Å². The van der Waals surface area contributed by atoms with Gasteiger partial charge in [0.2, 0.25) is 5.13 Å². The van der Waals surface area contributed by atoms with Crippen LogP contribution < -0.4 is 4.90 Å². The van der Waals surface area contributed by atoms with Crippen molar-refractivity contribution >= 4 is 67.3 Å². The molecule has 1 fully saturated rings. The summed E-state index contributed by atoms with van der Waals surface area (Å²) in [6, 6.07) is 20.9. The monoisotopic (exact) mass is 608 g/mol. The van der Waals surface area contributed by atoms with Gasteiger partial charge >= 0.3 is 5.91 Å². The van der Waals surface area contributed by atoms with E-state index in [-0.39, 0.29) is 22.2 Å². The Morgan fingerprint density at radius 2 is 1.71 bits per heavy atom. The zero-order valence-corrected chi connectivity index (χ0v) is 22.6. The van der Waals surface area contributed by atoms with Crippen molar-refractivity contribution in [3.05, 3.63) is 116 Å². The molecular formula is C26H17BrN4O5S2. The maximum Gasteiger partial charge on any atom is 0.301 e. The number of nitro benzene ring substituents is 1. The Hall–Kier alpha value is -3.87. The van der Waals surface area contributed by atoms with Gasteiger partial charge in [0.05, 0.1) is 16.5 Å². The average Bonchev–Trinajstić information content (AvgIpc) is 3.50. The number of ketones is 1. The summed E-state index contributed by atoms with van der Waals surface area (Å²) in [5, 5.41) is 30.9. The zero-order valence-electron chi connectivity index (χ0n) is 19.4. The van der Waals surface area contributed by atoms with Crippen molar-refractivity contribution in [2.45, 2.75) is 16.1 Å². The minimum absolute atomic E-state index is 0.139. The number of nitrogens with zero attached hydrogens (tertiary/aromatic N) is 4. The Labute approximate surface area is 233 Å². The Kier molecular flexibility index (Phi) is 7.36. The second-order valence-electron chi connectivity index (χ2n) is 8.15. The van der Waals surface area contributed by atoms with Crippen LogP contribution in [0, 0.1) is 10.1 Å². The van der Waals surface area contributed by atoms with Gasteiger partial charge in [-0.1, -0.05) is 81.5 Å². The van der Waals surface area contributed by atoms with Gasteiger partial charge in [0.1, 0.15) is 5.76 Å². The van der Waals surface area contributed by atoms with Crippen LogP contribution in [0.5, 0.6) is 0 Å². The van der Waals surface area contributed by atoms with Gasteiger partial charge in [-0.2, -0.15) is 0 Å². The first-order valence-electron chi connectivity index (χ1n) is 11.1. The summed E-state index contributed by atoms with van der Waals surface area (Å²) in [4.78, 5) is 38.4. The molecule has 190 valence electrons. The van der Waals surface area contributed by atoms with Crippen LogP contribution in [0.3, 0.4) is 0 Å². The second kappa shape index (κ2) is 10.9. The number of anilines is 1. The SMILES string of the molecule is O=C1C(=O)N(c2nnc(SCc3ccccc3)s2)C(c2ccc([N+](=O)[O-])cc2)/C1=C(/O)c1ccc(Br)cc1. The first kappa shape index (κ1) is 25.8. The molecule has 1 aliphatic heterocycles. The topological polar surface area (TPSA) is 127 Å². The Morgan fingerprint density at radius 3 is 2.37 bits per heavy atom. The molecule has 0 aliphatic carbocycles. The number of rotatable bonds is 7. The number of non-ortho nitro benzene ring substituents is 1. The number of carbonyl (C=O) groups is 2. The number of aromatic nitrogens is 2. The molecule has 1 atom stereocenters. The van der Waals surface area contributed by atoms with E-state index in [9.17, 15) is 24.8 Å². The van der Waals surface area contributed by atoms with Gasteiger partial charge in [0.25, 0.3) is 11.5 Å². The summed E-state index contributed by atoms with van der Waals surface area (Å²) in [7, 11) is 0. The summed E-state index contributed by atoms with van der Waals surface area (Å²) >= 11 is 5.93. The van der Waals surface area contributed by atoms with Crippen LogP contribution in [-0.4, -0.2) is 31.9 Å². The highest BCUT2D eigenvalue weighted by molar-refractivity contribution is 9.10. The molecule has 1 saturated heterocycles. The van der Waals surface area contributed by atoms with Gasteiger partial charge in [-0.15, -0.1) is 10.2 Å². The van der Waals surface area contributed by atoms with Crippen LogP contribution in [0.1, 0.15) is 22.7 Å². The number of aliphatic hydroxyl groups excluding tert-OH is 1. The third-order valence-corrected chi connectivity index (χ3v) is 8.44. The van der Waals surface area contributed by atoms with Crippen molar-refractivity contribution in [1.29, 1.82) is 0 Å². The maximum absolute atomic E-state index is 13.3. The Bertz CT molecular complexity index is 1560. The lowest BCUT2D eigenvalue weighted by molar-refractivity contribution is -0.384. The molecule has 1 aromatic heterocycles. The number of halogens is 1. The second-order valence-corrected chi connectivity index (χ2v) is 11.2. The van der Waals surface area contributed by atoms with Gasteiger partial charge in [-0.3, -0.25) is 24.6 Å². The quantitative estimate of drug-likeness (QED) is 0.0505. The molecular weight excluding hydrogens is 592 g/mol. The highest BCUT2D eigenvalue weighted by Gasteiger charge is 2.48.